The molecular formula is C7H16N4O. The third kappa shape index (κ3) is 3.06. The first kappa shape index (κ1) is 9.28. The van der Waals surface area contributed by atoms with Gasteiger partial charge in [0, 0.05) is 26.1 Å². The molecule has 0 bridgehead atoms. The molecule has 0 radical (unpaired) electrons. The summed E-state index contributed by atoms with van der Waals surface area (Å²) < 4.78 is 5.20. The van der Waals surface area contributed by atoms with Crippen LogP contribution in [0.5, 0.6) is 0 Å². The lowest BCUT2D eigenvalue weighted by Crippen LogP contribution is -2.38. The molecule has 0 atom stereocenters. The smallest absolute Gasteiger partial charge is 0.120 e. The summed E-state index contributed by atoms with van der Waals surface area (Å²) in [4.78, 5) is 2.29. The minimum atomic E-state index is 0.515. The van der Waals surface area contributed by atoms with E-state index in [1.165, 1.54) is 0 Å². The largest absolute Gasteiger partial charge is 0.386 e. The van der Waals surface area contributed by atoms with E-state index in [0.29, 0.717) is 5.84 Å². The number of amidine groups is 1. The van der Waals surface area contributed by atoms with Crippen LogP contribution in [0.3, 0.4) is 0 Å². The minimum Gasteiger partial charge on any atom is -0.386 e. The van der Waals surface area contributed by atoms with Crippen molar-refractivity contribution in [2.45, 2.75) is 6.42 Å². The molecule has 1 saturated heterocycles. The van der Waals surface area contributed by atoms with Crippen LogP contribution >= 0.6 is 0 Å². The molecule has 0 aliphatic carbocycles. The van der Waals surface area contributed by atoms with Crippen molar-refractivity contribution in [2.24, 2.45) is 16.7 Å². The zero-order valence-electron chi connectivity index (χ0n) is 7.20. The predicted octanol–water partition coefficient (Wildman–Crippen LogP) is -1.06. The van der Waals surface area contributed by atoms with Gasteiger partial charge >= 0.3 is 0 Å². The topological polar surface area (TPSA) is 76.9 Å². The van der Waals surface area contributed by atoms with Crippen LogP contribution in [0, 0.1) is 0 Å². The number of rotatable bonds is 3. The van der Waals surface area contributed by atoms with E-state index in [1.807, 2.05) is 0 Å². The molecule has 1 fully saturated rings. The Balaban J connectivity index is 2.13. The number of hydrazone groups is 1. The number of ether oxygens (including phenoxy) is 1. The highest BCUT2D eigenvalue weighted by Gasteiger charge is 2.09. The fourth-order valence-electron chi connectivity index (χ4n) is 1.16. The van der Waals surface area contributed by atoms with E-state index in [1.54, 1.807) is 0 Å². The van der Waals surface area contributed by atoms with Gasteiger partial charge in [-0.15, -0.1) is 0 Å². The zero-order chi connectivity index (χ0) is 8.81. The van der Waals surface area contributed by atoms with Crippen LogP contribution in [0.4, 0.5) is 0 Å². The van der Waals surface area contributed by atoms with Crippen LogP contribution < -0.4 is 11.6 Å². The second kappa shape index (κ2) is 4.95. The number of nitrogens with two attached hydrogens (primary N) is 2. The highest BCUT2D eigenvalue weighted by molar-refractivity contribution is 5.80. The van der Waals surface area contributed by atoms with Crippen molar-refractivity contribution >= 4 is 5.84 Å². The molecule has 0 amide bonds. The number of hydrogen-bond acceptors (Lipinski definition) is 4. The molecule has 0 unspecified atom stereocenters. The molecule has 0 spiro atoms. The number of hydrogen-bond donors (Lipinski definition) is 2. The summed E-state index contributed by atoms with van der Waals surface area (Å²) in [5, 5.41) is 3.41. The Labute approximate surface area is 72.3 Å². The minimum absolute atomic E-state index is 0.515. The van der Waals surface area contributed by atoms with Crippen LogP contribution in [-0.2, 0) is 4.74 Å². The molecule has 1 heterocycles. The van der Waals surface area contributed by atoms with E-state index in [9.17, 15) is 0 Å². The van der Waals surface area contributed by atoms with Gasteiger partial charge in [0.1, 0.15) is 5.84 Å². The molecule has 0 aromatic rings. The van der Waals surface area contributed by atoms with Crippen molar-refractivity contribution < 1.29 is 4.74 Å². The Bertz CT molecular complexity index is 153. The van der Waals surface area contributed by atoms with Crippen LogP contribution in [0.1, 0.15) is 6.42 Å². The van der Waals surface area contributed by atoms with Gasteiger partial charge in [-0.2, -0.15) is 5.10 Å². The highest BCUT2D eigenvalue weighted by Crippen LogP contribution is 1.97. The van der Waals surface area contributed by atoms with Gasteiger partial charge in [0.15, 0.2) is 0 Å². The first-order chi connectivity index (χ1) is 5.83. The molecule has 12 heavy (non-hydrogen) atoms. The van der Waals surface area contributed by atoms with Crippen molar-refractivity contribution in [1.29, 1.82) is 0 Å². The highest BCUT2D eigenvalue weighted by atomic mass is 16.5. The SMILES string of the molecule is N/N=C(\N)CCN1CCOCC1. The standard InChI is InChI=1S/C7H16N4O/c8-7(10-9)1-2-11-3-5-12-6-4-11/h1-6,9H2,(H2,8,10). The quantitative estimate of drug-likeness (QED) is 0.246. The van der Waals surface area contributed by atoms with Gasteiger partial charge in [-0.05, 0) is 0 Å². The monoisotopic (exact) mass is 172 g/mol. The van der Waals surface area contributed by atoms with Crippen LogP contribution in [0.2, 0.25) is 0 Å². The maximum Gasteiger partial charge on any atom is 0.120 e. The predicted molar refractivity (Wildman–Crippen MR) is 47.7 cm³/mol. The van der Waals surface area contributed by atoms with Gasteiger partial charge in [-0.25, -0.2) is 0 Å². The maximum atomic E-state index is 5.46. The maximum absolute atomic E-state index is 5.46. The molecule has 0 aromatic carbocycles. The zero-order valence-corrected chi connectivity index (χ0v) is 7.20. The average molecular weight is 172 g/mol. The summed E-state index contributed by atoms with van der Waals surface area (Å²) in [5.74, 6) is 5.52. The molecule has 1 rings (SSSR count). The summed E-state index contributed by atoms with van der Waals surface area (Å²) in [6, 6.07) is 0. The molecule has 70 valence electrons. The van der Waals surface area contributed by atoms with E-state index < -0.39 is 0 Å². The number of morpholine rings is 1. The third-order valence-corrected chi connectivity index (χ3v) is 1.95. The Morgan fingerprint density at radius 3 is 2.67 bits per heavy atom. The van der Waals surface area contributed by atoms with E-state index in [4.69, 9.17) is 16.3 Å². The Kier molecular flexibility index (Phi) is 3.83. The lowest BCUT2D eigenvalue weighted by molar-refractivity contribution is 0.0392. The normalized spacial score (nSPS) is 21.2. The van der Waals surface area contributed by atoms with Crippen molar-refractivity contribution in [1.82, 2.24) is 4.90 Å². The first-order valence-corrected chi connectivity index (χ1v) is 4.15. The van der Waals surface area contributed by atoms with Gasteiger partial charge in [-0.1, -0.05) is 0 Å². The molecule has 5 nitrogen and oxygen atoms in total. The van der Waals surface area contributed by atoms with Crippen molar-refractivity contribution in [2.75, 3.05) is 32.8 Å². The molecule has 0 saturated carbocycles. The van der Waals surface area contributed by atoms with Crippen molar-refractivity contribution in [3.8, 4) is 0 Å². The van der Waals surface area contributed by atoms with Crippen LogP contribution in [0.25, 0.3) is 0 Å². The van der Waals surface area contributed by atoms with E-state index >= 15 is 0 Å². The fourth-order valence-corrected chi connectivity index (χ4v) is 1.16. The lowest BCUT2D eigenvalue weighted by Gasteiger charge is -2.26. The Hall–Kier alpha value is -0.810. The molecular weight excluding hydrogens is 156 g/mol. The lowest BCUT2D eigenvalue weighted by atomic mass is 10.3. The van der Waals surface area contributed by atoms with Crippen LogP contribution in [-0.4, -0.2) is 43.6 Å². The summed E-state index contributed by atoms with van der Waals surface area (Å²) in [7, 11) is 0. The summed E-state index contributed by atoms with van der Waals surface area (Å²) in [6.07, 6.45) is 0.747. The van der Waals surface area contributed by atoms with Gasteiger partial charge in [-0.3, -0.25) is 4.90 Å². The second-order valence-electron chi connectivity index (χ2n) is 2.82. The first-order valence-electron chi connectivity index (χ1n) is 4.15. The number of nitrogens with zero attached hydrogens (tertiary/aromatic N) is 2. The van der Waals surface area contributed by atoms with E-state index in [2.05, 4.69) is 10.0 Å². The molecule has 1 aliphatic rings. The molecule has 1 aliphatic heterocycles. The van der Waals surface area contributed by atoms with Gasteiger partial charge in [0.2, 0.25) is 0 Å². The van der Waals surface area contributed by atoms with Gasteiger partial charge < -0.3 is 16.3 Å². The average Bonchev–Trinajstić information content (AvgIpc) is 2.16. The second-order valence-corrected chi connectivity index (χ2v) is 2.82. The Morgan fingerprint density at radius 2 is 2.08 bits per heavy atom. The molecule has 4 N–H and O–H groups in total. The van der Waals surface area contributed by atoms with Crippen molar-refractivity contribution in [3.05, 3.63) is 0 Å². The van der Waals surface area contributed by atoms with Crippen LogP contribution in [0.15, 0.2) is 5.10 Å². The summed E-state index contributed by atoms with van der Waals surface area (Å²) >= 11 is 0. The summed E-state index contributed by atoms with van der Waals surface area (Å²) in [5.41, 5.74) is 5.46. The van der Waals surface area contributed by atoms with E-state index in [-0.39, 0.29) is 0 Å². The Morgan fingerprint density at radius 1 is 1.42 bits per heavy atom. The third-order valence-electron chi connectivity index (χ3n) is 1.95. The molecule has 0 aromatic heterocycles. The van der Waals surface area contributed by atoms with Gasteiger partial charge in [0.25, 0.3) is 0 Å². The van der Waals surface area contributed by atoms with E-state index in [0.717, 1.165) is 39.3 Å². The summed E-state index contributed by atoms with van der Waals surface area (Å²) in [6.45, 7) is 4.53. The van der Waals surface area contributed by atoms with Crippen molar-refractivity contribution in [3.63, 3.8) is 0 Å². The molecule has 5 heteroatoms. The fraction of sp³-hybridized carbons (Fsp3) is 0.857. The van der Waals surface area contributed by atoms with Gasteiger partial charge in [0.05, 0.1) is 13.2 Å².